The summed E-state index contributed by atoms with van der Waals surface area (Å²) in [6.45, 7) is 12.9. The molecule has 1 nitrogen and oxygen atoms in total. The van der Waals surface area contributed by atoms with E-state index in [0.29, 0.717) is 0 Å². The Morgan fingerprint density at radius 1 is 1.00 bits per heavy atom. The number of benzene rings is 3. The van der Waals surface area contributed by atoms with Gasteiger partial charge in [-0.2, -0.15) is 0 Å². The lowest BCUT2D eigenvalue weighted by Crippen LogP contribution is -2.17. The molecule has 1 heteroatoms. The lowest BCUT2D eigenvalue weighted by atomic mass is 9.91. The number of nitrogens with zero attached hydrogens (tertiary/aromatic N) is 1. The molecule has 0 fully saturated rings. The Bertz CT molecular complexity index is 1230. The molecule has 1 aliphatic carbocycles. The van der Waals surface area contributed by atoms with Crippen LogP contribution in [-0.4, -0.2) is 0 Å². The van der Waals surface area contributed by atoms with E-state index >= 15 is 0 Å². The van der Waals surface area contributed by atoms with Gasteiger partial charge in [-0.25, -0.2) is 0 Å². The number of hydrogen-bond acceptors (Lipinski definition) is 1. The third-order valence-corrected chi connectivity index (χ3v) is 6.65. The van der Waals surface area contributed by atoms with Crippen LogP contribution >= 0.6 is 0 Å². The topological polar surface area (TPSA) is 3.24 Å². The Labute approximate surface area is 199 Å². The molecule has 0 atom stereocenters. The molecule has 0 radical (unpaired) electrons. The van der Waals surface area contributed by atoms with Crippen molar-refractivity contribution in [2.75, 3.05) is 4.90 Å². The van der Waals surface area contributed by atoms with Crippen LogP contribution in [0.3, 0.4) is 0 Å². The maximum absolute atomic E-state index is 4.16. The van der Waals surface area contributed by atoms with Gasteiger partial charge in [0.2, 0.25) is 0 Å². The highest BCUT2D eigenvalue weighted by molar-refractivity contribution is 5.75. The highest BCUT2D eigenvalue weighted by atomic mass is 15.1. The average Bonchev–Trinajstić information content (AvgIpc) is 2.81. The SMILES string of the molecule is C=C(C)c1ccccc1CCC=C(C)N(c1cccc(C)c1)c1ccc2c(c1C)CCC=C2. The van der Waals surface area contributed by atoms with E-state index < -0.39 is 0 Å². The van der Waals surface area contributed by atoms with Crippen LogP contribution in [0.4, 0.5) is 11.4 Å². The van der Waals surface area contributed by atoms with Gasteiger partial charge in [0.05, 0.1) is 0 Å². The summed E-state index contributed by atoms with van der Waals surface area (Å²) in [5.41, 5.74) is 13.1. The maximum Gasteiger partial charge on any atom is 0.0490 e. The van der Waals surface area contributed by atoms with Crippen LogP contribution in [0, 0.1) is 13.8 Å². The van der Waals surface area contributed by atoms with Crippen LogP contribution in [0.2, 0.25) is 0 Å². The molecular formula is C32H35N. The summed E-state index contributed by atoms with van der Waals surface area (Å²) in [4.78, 5) is 2.44. The van der Waals surface area contributed by atoms with Crippen molar-refractivity contribution in [1.29, 1.82) is 0 Å². The van der Waals surface area contributed by atoms with Crippen molar-refractivity contribution >= 4 is 23.0 Å². The van der Waals surface area contributed by atoms with E-state index in [0.717, 1.165) is 31.3 Å². The van der Waals surface area contributed by atoms with E-state index in [9.17, 15) is 0 Å². The van der Waals surface area contributed by atoms with E-state index in [2.05, 4.69) is 118 Å². The zero-order valence-electron chi connectivity index (χ0n) is 20.5. The Morgan fingerprint density at radius 2 is 1.82 bits per heavy atom. The highest BCUT2D eigenvalue weighted by Gasteiger charge is 2.18. The van der Waals surface area contributed by atoms with Crippen LogP contribution in [0.15, 0.2) is 85.1 Å². The first-order chi connectivity index (χ1) is 16.0. The molecule has 0 saturated heterocycles. The molecule has 0 aromatic heterocycles. The molecule has 168 valence electrons. The van der Waals surface area contributed by atoms with Crippen LogP contribution in [-0.2, 0) is 12.8 Å². The molecule has 0 saturated carbocycles. The number of anilines is 2. The van der Waals surface area contributed by atoms with Gasteiger partial charge in [-0.15, -0.1) is 0 Å². The monoisotopic (exact) mass is 433 g/mol. The number of rotatable bonds is 7. The van der Waals surface area contributed by atoms with Crippen molar-refractivity contribution in [3.05, 3.63) is 118 Å². The van der Waals surface area contributed by atoms with E-state index in [1.54, 1.807) is 0 Å². The van der Waals surface area contributed by atoms with Crippen molar-refractivity contribution in [1.82, 2.24) is 0 Å². The molecule has 3 aromatic rings. The molecule has 0 bridgehead atoms. The van der Waals surface area contributed by atoms with Gasteiger partial charge in [0.25, 0.3) is 0 Å². The fourth-order valence-corrected chi connectivity index (χ4v) is 4.92. The van der Waals surface area contributed by atoms with E-state index in [-0.39, 0.29) is 0 Å². The minimum absolute atomic E-state index is 0.991. The highest BCUT2D eigenvalue weighted by Crippen LogP contribution is 2.37. The molecule has 0 spiro atoms. The smallest absolute Gasteiger partial charge is 0.0490 e. The summed E-state index contributed by atoms with van der Waals surface area (Å²) in [7, 11) is 0. The lowest BCUT2D eigenvalue weighted by molar-refractivity contribution is 0.957. The molecule has 0 heterocycles. The molecular weight excluding hydrogens is 398 g/mol. The van der Waals surface area contributed by atoms with Crippen LogP contribution < -0.4 is 4.90 Å². The average molecular weight is 434 g/mol. The molecule has 0 N–H and O–H groups in total. The van der Waals surface area contributed by atoms with Gasteiger partial charge >= 0.3 is 0 Å². The molecule has 0 unspecified atom stereocenters. The van der Waals surface area contributed by atoms with Gasteiger partial charge < -0.3 is 4.90 Å². The summed E-state index contributed by atoms with van der Waals surface area (Å²) < 4.78 is 0. The van der Waals surface area contributed by atoms with Crippen molar-refractivity contribution in [2.45, 2.75) is 53.4 Å². The van der Waals surface area contributed by atoms with Gasteiger partial charge in [0.1, 0.15) is 0 Å². The largest absolute Gasteiger partial charge is 0.315 e. The van der Waals surface area contributed by atoms with E-state index in [1.807, 2.05) is 0 Å². The second-order valence-electron chi connectivity index (χ2n) is 9.21. The van der Waals surface area contributed by atoms with E-state index in [1.165, 1.54) is 50.5 Å². The molecule has 3 aromatic carbocycles. The Hall–Kier alpha value is -3.32. The molecule has 33 heavy (non-hydrogen) atoms. The lowest BCUT2D eigenvalue weighted by Gasteiger charge is -2.30. The number of aryl methyl sites for hydroxylation is 2. The predicted molar refractivity (Wildman–Crippen MR) is 145 cm³/mol. The van der Waals surface area contributed by atoms with Crippen molar-refractivity contribution < 1.29 is 0 Å². The minimum Gasteiger partial charge on any atom is -0.315 e. The third kappa shape index (κ3) is 5.03. The summed E-state index contributed by atoms with van der Waals surface area (Å²) >= 11 is 0. The van der Waals surface area contributed by atoms with Crippen LogP contribution in [0.25, 0.3) is 11.6 Å². The Balaban J connectivity index is 1.69. The van der Waals surface area contributed by atoms with Gasteiger partial charge in [-0.1, -0.05) is 72.8 Å². The normalized spacial score (nSPS) is 13.0. The van der Waals surface area contributed by atoms with E-state index in [4.69, 9.17) is 0 Å². The fourth-order valence-electron chi connectivity index (χ4n) is 4.92. The first-order valence-corrected chi connectivity index (χ1v) is 12.0. The van der Waals surface area contributed by atoms with Crippen molar-refractivity contribution in [3.63, 3.8) is 0 Å². The molecule has 0 amide bonds. The third-order valence-electron chi connectivity index (χ3n) is 6.65. The van der Waals surface area contributed by atoms with Gasteiger partial charge in [0, 0.05) is 17.1 Å². The van der Waals surface area contributed by atoms with Crippen molar-refractivity contribution in [2.24, 2.45) is 0 Å². The number of allylic oxidation sites excluding steroid dienone is 4. The fraction of sp³-hybridized carbons (Fsp3) is 0.250. The second-order valence-corrected chi connectivity index (χ2v) is 9.21. The van der Waals surface area contributed by atoms with Crippen molar-refractivity contribution in [3.8, 4) is 0 Å². The zero-order valence-corrected chi connectivity index (χ0v) is 20.5. The number of hydrogen-bond donors (Lipinski definition) is 0. The standard InChI is InChI=1S/C32H35N/c1-23(2)30-18-8-6-14-27(30)16-11-13-25(4)33(29-17-10-12-24(3)22-29)32-21-20-28-15-7-9-19-31(28)26(32)5/h6-8,10,12-15,17-18,20-22H,1,9,11,16,19H2,2-5H3. The first-order valence-electron chi connectivity index (χ1n) is 12.0. The molecule has 1 aliphatic rings. The summed E-state index contributed by atoms with van der Waals surface area (Å²) in [6.07, 6.45) is 11.2. The Kier molecular flexibility index (Phi) is 6.99. The summed E-state index contributed by atoms with van der Waals surface area (Å²) in [6, 6.07) is 22.0. The minimum atomic E-state index is 0.991. The van der Waals surface area contributed by atoms with Crippen LogP contribution in [0.1, 0.15) is 60.1 Å². The predicted octanol–water partition coefficient (Wildman–Crippen LogP) is 8.97. The quantitative estimate of drug-likeness (QED) is 0.359. The maximum atomic E-state index is 4.16. The van der Waals surface area contributed by atoms with Crippen LogP contribution in [0.5, 0.6) is 0 Å². The summed E-state index contributed by atoms with van der Waals surface area (Å²) in [5, 5.41) is 0. The second kappa shape index (κ2) is 10.1. The summed E-state index contributed by atoms with van der Waals surface area (Å²) in [5.74, 6) is 0. The zero-order chi connectivity index (χ0) is 23.4. The van der Waals surface area contributed by atoms with Gasteiger partial charge in [0.15, 0.2) is 0 Å². The number of fused-ring (bicyclic) bond motifs is 1. The Morgan fingerprint density at radius 3 is 2.61 bits per heavy atom. The first kappa shape index (κ1) is 22.9. The molecule has 0 aliphatic heterocycles. The van der Waals surface area contributed by atoms with Gasteiger partial charge in [-0.05, 0) is 105 Å². The molecule has 4 rings (SSSR count). The van der Waals surface area contributed by atoms with Gasteiger partial charge in [-0.3, -0.25) is 0 Å².